The summed E-state index contributed by atoms with van der Waals surface area (Å²) in [6.45, 7) is 1.85. The Morgan fingerprint density at radius 3 is 2.59 bits per heavy atom. The molecule has 0 unspecified atom stereocenters. The number of carboxylic acid groups (broad SMARTS) is 1. The molecule has 2 aromatic heterocycles. The van der Waals surface area contributed by atoms with Gasteiger partial charge in [-0.2, -0.15) is 18.3 Å². The average molecular weight is 453 g/mol. The molecule has 1 fully saturated rings. The van der Waals surface area contributed by atoms with Crippen LogP contribution in [0.5, 0.6) is 5.88 Å². The highest BCUT2D eigenvalue weighted by atomic mass is 35.5. The molecule has 0 aromatic carbocycles. The van der Waals surface area contributed by atoms with Crippen molar-refractivity contribution in [2.75, 3.05) is 13.1 Å². The first-order chi connectivity index (χ1) is 13.6. The Morgan fingerprint density at radius 1 is 1.38 bits per heavy atom. The zero-order chi connectivity index (χ0) is 21.3. The van der Waals surface area contributed by atoms with E-state index in [0.717, 1.165) is 9.69 Å². The van der Waals surface area contributed by atoms with Gasteiger partial charge in [-0.1, -0.05) is 11.6 Å². The van der Waals surface area contributed by atoms with Crippen molar-refractivity contribution in [2.24, 2.45) is 0 Å². The fourth-order valence-corrected chi connectivity index (χ4v) is 4.19. The molecule has 1 aliphatic heterocycles. The van der Waals surface area contributed by atoms with E-state index in [1.807, 2.05) is 0 Å². The molecule has 29 heavy (non-hydrogen) atoms. The SMILES string of the molecule is Cc1c(Cl)c(C(F)(F)F)nn1CC(=O)N1CCC(c2nc(OC(=O)O)cs2)CC1. The van der Waals surface area contributed by atoms with Gasteiger partial charge in [-0.05, 0) is 19.8 Å². The summed E-state index contributed by atoms with van der Waals surface area (Å²) in [5.74, 6) is -0.288. The van der Waals surface area contributed by atoms with Crippen molar-refractivity contribution < 1.29 is 32.6 Å². The van der Waals surface area contributed by atoms with Crippen molar-refractivity contribution in [1.82, 2.24) is 19.7 Å². The zero-order valence-corrected chi connectivity index (χ0v) is 16.6. The van der Waals surface area contributed by atoms with Gasteiger partial charge in [0.15, 0.2) is 5.69 Å². The first-order valence-electron chi connectivity index (χ1n) is 8.50. The zero-order valence-electron chi connectivity index (χ0n) is 15.1. The number of rotatable bonds is 4. The lowest BCUT2D eigenvalue weighted by molar-refractivity contribution is -0.142. The van der Waals surface area contributed by atoms with E-state index in [1.165, 1.54) is 23.6 Å². The number of alkyl halides is 3. The maximum atomic E-state index is 12.9. The molecule has 3 rings (SSSR count). The van der Waals surface area contributed by atoms with E-state index in [1.54, 1.807) is 4.90 Å². The lowest BCUT2D eigenvalue weighted by Crippen LogP contribution is -2.40. The molecule has 8 nitrogen and oxygen atoms in total. The summed E-state index contributed by atoms with van der Waals surface area (Å²) < 4.78 is 44.2. The van der Waals surface area contributed by atoms with Crippen LogP contribution >= 0.6 is 22.9 Å². The number of hydrogen-bond donors (Lipinski definition) is 1. The Kier molecular flexibility index (Phi) is 6.03. The molecule has 158 valence electrons. The summed E-state index contributed by atoms with van der Waals surface area (Å²) in [6.07, 6.45) is -4.94. The van der Waals surface area contributed by atoms with Crippen LogP contribution < -0.4 is 4.74 Å². The standard InChI is InChI=1S/C16H16ClF3N4O4S/c1-8-12(17)13(16(18,19)20)22-24(8)6-11(25)23-4-2-9(3-5-23)14-21-10(7-29-14)28-15(26)27/h7,9H,2-6H2,1H3,(H,26,27). The second-order valence-corrected chi connectivity index (χ2v) is 7.72. The molecule has 1 aliphatic rings. The number of thiazole rings is 1. The van der Waals surface area contributed by atoms with Gasteiger partial charge in [-0.3, -0.25) is 9.48 Å². The second-order valence-electron chi connectivity index (χ2n) is 6.45. The van der Waals surface area contributed by atoms with E-state index in [0.29, 0.717) is 25.9 Å². The third-order valence-electron chi connectivity index (χ3n) is 4.58. The molecule has 3 heterocycles. The quantitative estimate of drug-likeness (QED) is 0.709. The smallest absolute Gasteiger partial charge is 0.449 e. The van der Waals surface area contributed by atoms with E-state index >= 15 is 0 Å². The minimum atomic E-state index is -4.69. The fraction of sp³-hybridized carbons (Fsp3) is 0.500. The largest absolute Gasteiger partial charge is 0.512 e. The molecule has 0 radical (unpaired) electrons. The number of nitrogens with zero attached hydrogens (tertiary/aromatic N) is 4. The van der Waals surface area contributed by atoms with Crippen LogP contribution in [0.2, 0.25) is 5.02 Å². The number of halogens is 4. The highest BCUT2D eigenvalue weighted by Gasteiger charge is 2.38. The molecule has 13 heteroatoms. The summed E-state index contributed by atoms with van der Waals surface area (Å²) in [5, 5.41) is 13.8. The third-order valence-corrected chi connectivity index (χ3v) is 6.01. The van der Waals surface area contributed by atoms with Gasteiger partial charge < -0.3 is 14.7 Å². The summed E-state index contributed by atoms with van der Waals surface area (Å²) in [7, 11) is 0. The molecule has 1 N–H and O–H groups in total. The van der Waals surface area contributed by atoms with Crippen LogP contribution in [-0.2, 0) is 17.5 Å². The Bertz CT molecular complexity index is 922. The van der Waals surface area contributed by atoms with Crippen molar-refractivity contribution in [3.8, 4) is 5.88 Å². The summed E-state index contributed by atoms with van der Waals surface area (Å²) in [4.78, 5) is 28.7. The molecule has 0 atom stereocenters. The monoisotopic (exact) mass is 452 g/mol. The maximum Gasteiger partial charge on any atom is 0.512 e. The number of ether oxygens (including phenoxy) is 1. The molecular formula is C16H16ClF3N4O4S. The third kappa shape index (κ3) is 4.81. The predicted octanol–water partition coefficient (Wildman–Crippen LogP) is 3.78. The molecule has 2 aromatic rings. The molecule has 0 aliphatic carbocycles. The van der Waals surface area contributed by atoms with Crippen LogP contribution in [0.3, 0.4) is 0 Å². The molecule has 1 saturated heterocycles. The van der Waals surface area contributed by atoms with Crippen LogP contribution in [0, 0.1) is 6.92 Å². The van der Waals surface area contributed by atoms with Gasteiger partial charge in [0, 0.05) is 19.0 Å². The Labute approximate surface area is 171 Å². The molecular weight excluding hydrogens is 437 g/mol. The van der Waals surface area contributed by atoms with E-state index in [-0.39, 0.29) is 29.9 Å². The number of aromatic nitrogens is 3. The van der Waals surface area contributed by atoms with Crippen molar-refractivity contribution in [2.45, 2.75) is 38.4 Å². The first-order valence-corrected chi connectivity index (χ1v) is 9.76. The van der Waals surface area contributed by atoms with E-state index in [9.17, 15) is 22.8 Å². The van der Waals surface area contributed by atoms with E-state index in [4.69, 9.17) is 16.7 Å². The number of amides is 1. The fourth-order valence-electron chi connectivity index (χ4n) is 3.06. The summed E-state index contributed by atoms with van der Waals surface area (Å²) in [5.41, 5.74) is -1.12. The van der Waals surface area contributed by atoms with Gasteiger partial charge in [0.2, 0.25) is 11.8 Å². The topological polar surface area (TPSA) is 97.5 Å². The van der Waals surface area contributed by atoms with Gasteiger partial charge in [0.05, 0.1) is 21.1 Å². The van der Waals surface area contributed by atoms with Gasteiger partial charge in [0.25, 0.3) is 0 Å². The molecule has 1 amide bonds. The Hall–Kier alpha value is -2.34. The normalized spacial score (nSPS) is 15.6. The van der Waals surface area contributed by atoms with Crippen molar-refractivity contribution in [1.29, 1.82) is 0 Å². The minimum Gasteiger partial charge on any atom is -0.449 e. The molecule has 0 bridgehead atoms. The lowest BCUT2D eigenvalue weighted by Gasteiger charge is -2.31. The maximum absolute atomic E-state index is 12.9. The minimum absolute atomic E-state index is 0.0162. The van der Waals surface area contributed by atoms with Gasteiger partial charge >= 0.3 is 12.3 Å². The van der Waals surface area contributed by atoms with E-state index < -0.39 is 23.0 Å². The Balaban J connectivity index is 1.59. The van der Waals surface area contributed by atoms with Crippen LogP contribution in [0.15, 0.2) is 5.38 Å². The first kappa shape index (κ1) is 21.4. The van der Waals surface area contributed by atoms with Crippen molar-refractivity contribution in [3.63, 3.8) is 0 Å². The number of piperidine rings is 1. The summed E-state index contributed by atoms with van der Waals surface area (Å²) >= 11 is 6.99. The van der Waals surface area contributed by atoms with Crippen LogP contribution in [-0.4, -0.2) is 49.9 Å². The van der Waals surface area contributed by atoms with Crippen LogP contribution in [0.25, 0.3) is 0 Å². The summed E-state index contributed by atoms with van der Waals surface area (Å²) in [6, 6.07) is 0. The van der Waals surface area contributed by atoms with E-state index in [2.05, 4.69) is 14.8 Å². The van der Waals surface area contributed by atoms with Gasteiger partial charge in [-0.15, -0.1) is 11.3 Å². The van der Waals surface area contributed by atoms with Crippen LogP contribution in [0.1, 0.15) is 35.2 Å². The Morgan fingerprint density at radius 2 is 2.03 bits per heavy atom. The van der Waals surface area contributed by atoms with Gasteiger partial charge in [-0.25, -0.2) is 9.78 Å². The number of carbonyl (C=O) groups is 2. The van der Waals surface area contributed by atoms with Crippen LogP contribution in [0.4, 0.5) is 18.0 Å². The molecule has 0 spiro atoms. The number of hydrogen-bond acceptors (Lipinski definition) is 6. The highest BCUT2D eigenvalue weighted by molar-refractivity contribution is 7.09. The van der Waals surface area contributed by atoms with Crippen molar-refractivity contribution in [3.05, 3.63) is 26.8 Å². The lowest BCUT2D eigenvalue weighted by atomic mass is 9.97. The average Bonchev–Trinajstić information content (AvgIpc) is 3.21. The highest BCUT2D eigenvalue weighted by Crippen LogP contribution is 2.35. The van der Waals surface area contributed by atoms with Gasteiger partial charge in [0.1, 0.15) is 6.54 Å². The predicted molar refractivity (Wildman–Crippen MR) is 96.3 cm³/mol. The second kappa shape index (κ2) is 8.19. The number of likely N-dealkylation sites (tertiary alicyclic amines) is 1. The number of carbonyl (C=O) groups excluding carboxylic acids is 1. The van der Waals surface area contributed by atoms with Crippen molar-refractivity contribution >= 4 is 35.0 Å². The molecule has 0 saturated carbocycles.